The number of ether oxygens (including phenoxy) is 1. The third-order valence-corrected chi connectivity index (χ3v) is 3.92. The van der Waals surface area contributed by atoms with Crippen molar-refractivity contribution in [1.29, 1.82) is 0 Å². The highest BCUT2D eigenvalue weighted by Crippen LogP contribution is 2.21. The van der Waals surface area contributed by atoms with Crippen molar-refractivity contribution < 1.29 is 9.53 Å². The normalized spacial score (nSPS) is 14.4. The van der Waals surface area contributed by atoms with E-state index in [4.69, 9.17) is 4.74 Å². The van der Waals surface area contributed by atoms with Crippen LogP contribution in [-0.2, 0) is 4.74 Å². The Balaban J connectivity index is 1.63. The van der Waals surface area contributed by atoms with Gasteiger partial charge in [-0.25, -0.2) is 4.79 Å². The molecule has 0 aliphatic heterocycles. The molecule has 3 rings (SSSR count). The van der Waals surface area contributed by atoms with E-state index in [-0.39, 0.29) is 5.97 Å². The molecule has 0 radical (unpaired) electrons. The molecule has 0 bridgehead atoms. The first kappa shape index (κ1) is 16.2. The molecule has 1 aliphatic carbocycles. The molecule has 7 heteroatoms. The molecule has 0 atom stereocenters. The van der Waals surface area contributed by atoms with Gasteiger partial charge in [-0.1, -0.05) is 12.8 Å². The number of benzene rings is 1. The number of anilines is 3. The van der Waals surface area contributed by atoms with E-state index in [0.717, 1.165) is 11.5 Å². The summed E-state index contributed by atoms with van der Waals surface area (Å²) >= 11 is 0. The van der Waals surface area contributed by atoms with Crippen LogP contribution in [0, 0.1) is 0 Å². The predicted octanol–water partition coefficient (Wildman–Crippen LogP) is 3.15. The summed E-state index contributed by atoms with van der Waals surface area (Å²) in [4.78, 5) is 16.1. The van der Waals surface area contributed by atoms with Crippen LogP contribution >= 0.6 is 0 Å². The number of hydrogen-bond acceptors (Lipinski definition) is 7. The number of rotatable bonds is 6. The molecule has 1 aromatic carbocycles. The van der Waals surface area contributed by atoms with Crippen molar-refractivity contribution in [2.24, 2.45) is 0 Å². The highest BCUT2D eigenvalue weighted by molar-refractivity contribution is 5.89. The smallest absolute Gasteiger partial charge is 0.338 e. The minimum absolute atomic E-state index is 0.329. The lowest BCUT2D eigenvalue weighted by Crippen LogP contribution is -2.16. The number of carbonyl (C=O) groups excluding carboxylic acids is 1. The number of esters is 1. The summed E-state index contributed by atoms with van der Waals surface area (Å²) in [6, 6.07) is 7.45. The van der Waals surface area contributed by atoms with Crippen LogP contribution < -0.4 is 10.6 Å². The van der Waals surface area contributed by atoms with E-state index >= 15 is 0 Å². The molecule has 0 unspecified atom stereocenters. The van der Waals surface area contributed by atoms with E-state index < -0.39 is 0 Å². The summed E-state index contributed by atoms with van der Waals surface area (Å²) < 4.78 is 4.96. The Kier molecular flexibility index (Phi) is 5.20. The van der Waals surface area contributed by atoms with E-state index in [0.29, 0.717) is 24.2 Å². The van der Waals surface area contributed by atoms with Crippen LogP contribution in [0.5, 0.6) is 0 Å². The third-order valence-electron chi connectivity index (χ3n) is 3.92. The fraction of sp³-hybridized carbons (Fsp3) is 0.412. The molecule has 24 heavy (non-hydrogen) atoms. The van der Waals surface area contributed by atoms with Gasteiger partial charge in [-0.2, -0.15) is 10.1 Å². The zero-order valence-electron chi connectivity index (χ0n) is 13.7. The maximum Gasteiger partial charge on any atom is 0.338 e. The Bertz CT molecular complexity index is 684. The third kappa shape index (κ3) is 4.18. The summed E-state index contributed by atoms with van der Waals surface area (Å²) in [5, 5.41) is 14.5. The van der Waals surface area contributed by atoms with E-state index in [1.54, 1.807) is 37.4 Å². The average Bonchev–Trinajstić information content (AvgIpc) is 3.09. The van der Waals surface area contributed by atoms with Gasteiger partial charge in [0.05, 0.1) is 18.4 Å². The number of nitrogens with zero attached hydrogens (tertiary/aromatic N) is 3. The second-order valence-electron chi connectivity index (χ2n) is 5.71. The molecule has 1 aliphatic rings. The molecule has 0 amide bonds. The standard InChI is InChI=1S/C17H21N5O2/c1-2-24-16(23)12-7-9-14(10-8-12)20-17-21-15(11-18-22-17)19-13-5-3-4-6-13/h7-11,13H,2-6H2,1H3,(H2,19,20,21,22). The molecule has 2 N–H and O–H groups in total. The summed E-state index contributed by atoms with van der Waals surface area (Å²) in [6.07, 6.45) is 6.49. The van der Waals surface area contributed by atoms with Gasteiger partial charge in [-0.3, -0.25) is 0 Å². The maximum atomic E-state index is 11.6. The molecule has 126 valence electrons. The van der Waals surface area contributed by atoms with Crippen LogP contribution in [0.4, 0.5) is 17.5 Å². The second kappa shape index (κ2) is 7.72. The van der Waals surface area contributed by atoms with Crippen LogP contribution in [0.15, 0.2) is 30.5 Å². The van der Waals surface area contributed by atoms with Gasteiger partial charge in [0.1, 0.15) is 0 Å². The second-order valence-corrected chi connectivity index (χ2v) is 5.71. The van der Waals surface area contributed by atoms with Gasteiger partial charge in [-0.05, 0) is 44.0 Å². The summed E-state index contributed by atoms with van der Waals surface area (Å²) in [6.45, 7) is 2.14. The average molecular weight is 327 g/mol. The summed E-state index contributed by atoms with van der Waals surface area (Å²) in [5.41, 5.74) is 1.29. The van der Waals surface area contributed by atoms with Gasteiger partial charge >= 0.3 is 5.97 Å². The fourth-order valence-electron chi connectivity index (χ4n) is 2.74. The van der Waals surface area contributed by atoms with Gasteiger partial charge in [0.15, 0.2) is 5.82 Å². The number of hydrogen-bond donors (Lipinski definition) is 2. The monoisotopic (exact) mass is 327 g/mol. The van der Waals surface area contributed by atoms with Gasteiger partial charge in [0, 0.05) is 11.7 Å². The van der Waals surface area contributed by atoms with E-state index in [2.05, 4.69) is 25.8 Å². The number of nitrogens with one attached hydrogen (secondary N) is 2. The molecule has 1 heterocycles. The van der Waals surface area contributed by atoms with Gasteiger partial charge in [0.2, 0.25) is 5.95 Å². The minimum Gasteiger partial charge on any atom is -0.462 e. The molecule has 2 aromatic rings. The zero-order chi connectivity index (χ0) is 16.8. The van der Waals surface area contributed by atoms with E-state index in [9.17, 15) is 4.79 Å². The fourth-order valence-corrected chi connectivity index (χ4v) is 2.74. The van der Waals surface area contributed by atoms with Crippen molar-refractivity contribution >= 4 is 23.4 Å². The van der Waals surface area contributed by atoms with Gasteiger partial charge < -0.3 is 15.4 Å². The van der Waals surface area contributed by atoms with Gasteiger partial charge in [-0.15, -0.1) is 5.10 Å². The first-order valence-electron chi connectivity index (χ1n) is 8.25. The zero-order valence-corrected chi connectivity index (χ0v) is 13.7. The van der Waals surface area contributed by atoms with Crippen molar-refractivity contribution in [2.45, 2.75) is 38.6 Å². The van der Waals surface area contributed by atoms with Crippen molar-refractivity contribution in [2.75, 3.05) is 17.2 Å². The number of carbonyl (C=O) groups is 1. The molecule has 1 saturated carbocycles. The molecule has 1 fully saturated rings. The lowest BCUT2D eigenvalue weighted by molar-refractivity contribution is 0.0526. The molecular formula is C17H21N5O2. The maximum absolute atomic E-state index is 11.6. The highest BCUT2D eigenvalue weighted by atomic mass is 16.5. The number of aromatic nitrogens is 3. The van der Waals surface area contributed by atoms with Crippen LogP contribution in [0.1, 0.15) is 43.0 Å². The van der Waals surface area contributed by atoms with Crippen LogP contribution in [-0.4, -0.2) is 33.8 Å². The van der Waals surface area contributed by atoms with Crippen molar-refractivity contribution in [3.8, 4) is 0 Å². The van der Waals surface area contributed by atoms with Crippen LogP contribution in [0.3, 0.4) is 0 Å². The molecule has 1 aromatic heterocycles. The van der Waals surface area contributed by atoms with Crippen molar-refractivity contribution in [3.63, 3.8) is 0 Å². The molecule has 0 saturated heterocycles. The quantitative estimate of drug-likeness (QED) is 0.788. The lowest BCUT2D eigenvalue weighted by Gasteiger charge is -2.12. The first-order chi connectivity index (χ1) is 11.7. The Morgan fingerprint density at radius 2 is 2.00 bits per heavy atom. The van der Waals surface area contributed by atoms with Crippen molar-refractivity contribution in [3.05, 3.63) is 36.0 Å². The Morgan fingerprint density at radius 3 is 2.71 bits per heavy atom. The van der Waals surface area contributed by atoms with Crippen LogP contribution in [0.25, 0.3) is 0 Å². The lowest BCUT2D eigenvalue weighted by atomic mass is 10.2. The first-order valence-corrected chi connectivity index (χ1v) is 8.25. The summed E-state index contributed by atoms with van der Waals surface area (Å²) in [5.74, 6) is 0.814. The molecular weight excluding hydrogens is 306 g/mol. The Labute approximate surface area is 140 Å². The molecule has 0 spiro atoms. The van der Waals surface area contributed by atoms with E-state index in [1.165, 1.54) is 25.7 Å². The SMILES string of the molecule is CCOC(=O)c1ccc(Nc2nncc(NC3CCCC3)n2)cc1. The largest absolute Gasteiger partial charge is 0.462 e. The predicted molar refractivity (Wildman–Crippen MR) is 91.4 cm³/mol. The van der Waals surface area contributed by atoms with Crippen LogP contribution in [0.2, 0.25) is 0 Å². The summed E-state index contributed by atoms with van der Waals surface area (Å²) in [7, 11) is 0. The van der Waals surface area contributed by atoms with Gasteiger partial charge in [0.25, 0.3) is 0 Å². The van der Waals surface area contributed by atoms with Crippen molar-refractivity contribution in [1.82, 2.24) is 15.2 Å². The molecule has 7 nitrogen and oxygen atoms in total. The minimum atomic E-state index is -0.329. The highest BCUT2D eigenvalue weighted by Gasteiger charge is 2.15. The topological polar surface area (TPSA) is 89.0 Å². The Hall–Kier alpha value is -2.70. The Morgan fingerprint density at radius 1 is 1.25 bits per heavy atom. The van der Waals surface area contributed by atoms with E-state index in [1.807, 2.05) is 0 Å².